The molecule has 9 rings (SSSR count). The van der Waals surface area contributed by atoms with Gasteiger partial charge in [-0.15, -0.1) is 0 Å². The van der Waals surface area contributed by atoms with E-state index in [2.05, 4.69) is 106 Å². The van der Waals surface area contributed by atoms with Crippen LogP contribution in [-0.4, -0.2) is 44.8 Å². The number of carbonyl (C=O) groups is 4. The van der Waals surface area contributed by atoms with E-state index in [0.717, 1.165) is 27.9 Å². The van der Waals surface area contributed by atoms with Gasteiger partial charge in [-0.1, -0.05) is 97.1 Å². The van der Waals surface area contributed by atoms with Crippen molar-refractivity contribution < 1.29 is 28.7 Å². The van der Waals surface area contributed by atoms with Crippen molar-refractivity contribution in [3.8, 4) is 33.8 Å². The van der Waals surface area contributed by atoms with E-state index in [1.807, 2.05) is 31.3 Å². The molecule has 0 spiro atoms. The molecule has 67 heavy (non-hydrogen) atoms. The topological polar surface area (TPSA) is 135 Å². The SMILES string of the molecule is CNc1ccc(C2(c3ccc(NC(=O)c4ccc(C(=O)Nc5ccc(-c6ccc(NC(=O)c7ccc(C(C)=O)cc7)c(OC)c6)cc5OC)cc4)cc3)c3ccccc3-c3ccccc32)cc1. The van der Waals surface area contributed by atoms with Crippen LogP contribution >= 0.6 is 0 Å². The lowest BCUT2D eigenvalue weighted by atomic mass is 9.67. The second-order valence-electron chi connectivity index (χ2n) is 16.1. The highest BCUT2D eigenvalue weighted by atomic mass is 16.5. The van der Waals surface area contributed by atoms with Crippen LogP contribution in [0.15, 0.2) is 182 Å². The number of rotatable bonds is 13. The Labute approximate surface area is 388 Å². The Balaban J connectivity index is 0.876. The van der Waals surface area contributed by atoms with Crippen molar-refractivity contribution in [3.63, 3.8) is 0 Å². The molecule has 0 unspecified atom stereocenters. The summed E-state index contributed by atoms with van der Waals surface area (Å²) in [5.74, 6) is -0.244. The molecule has 10 heteroatoms. The fourth-order valence-corrected chi connectivity index (χ4v) is 8.88. The lowest BCUT2D eigenvalue weighted by Gasteiger charge is -2.34. The van der Waals surface area contributed by atoms with Gasteiger partial charge in [0.15, 0.2) is 5.78 Å². The molecule has 10 nitrogen and oxygen atoms in total. The van der Waals surface area contributed by atoms with Crippen LogP contribution in [0.2, 0.25) is 0 Å². The number of Topliss-reactive ketones (excluding diaryl/α,β-unsaturated/α-hetero) is 1. The number of anilines is 4. The van der Waals surface area contributed by atoms with Gasteiger partial charge in [0.25, 0.3) is 17.7 Å². The van der Waals surface area contributed by atoms with Crippen molar-refractivity contribution in [2.75, 3.05) is 42.5 Å². The molecule has 0 heterocycles. The number of hydrogen-bond acceptors (Lipinski definition) is 7. The summed E-state index contributed by atoms with van der Waals surface area (Å²) in [5, 5.41) is 12.1. The van der Waals surface area contributed by atoms with Crippen LogP contribution in [0.3, 0.4) is 0 Å². The first kappa shape index (κ1) is 43.5. The summed E-state index contributed by atoms with van der Waals surface area (Å²) >= 11 is 0. The Kier molecular flexibility index (Phi) is 11.9. The minimum atomic E-state index is -0.568. The Bertz CT molecular complexity index is 3140. The maximum absolute atomic E-state index is 13.6. The van der Waals surface area contributed by atoms with Gasteiger partial charge in [0.2, 0.25) is 0 Å². The van der Waals surface area contributed by atoms with Crippen LogP contribution in [0.1, 0.15) is 70.6 Å². The van der Waals surface area contributed by atoms with E-state index >= 15 is 0 Å². The summed E-state index contributed by atoms with van der Waals surface area (Å²) in [5.41, 5.74) is 12.3. The predicted octanol–water partition coefficient (Wildman–Crippen LogP) is 11.7. The molecular formula is C57H46N4O6. The first-order chi connectivity index (χ1) is 32.6. The standard InChI is InChI=1S/C57H46N4O6/c1-35(62)36-13-15-38(16-14-36)55(64)60-50-31-21-40(33-52(50)66-3)41-22-32-51(53(34-41)67-4)61-56(65)39-19-17-37(18-20-39)54(63)59-45-29-25-43(26-30-45)57(42-23-27-44(58-2)28-24-42)48-11-7-5-9-46(48)47-10-6-8-12-49(47)57/h5-34,58H,1-4H3,(H,59,63)(H,60,64)(H,61,65). The second kappa shape index (κ2) is 18.4. The summed E-state index contributed by atoms with van der Waals surface area (Å²) in [6.45, 7) is 1.47. The van der Waals surface area contributed by atoms with Crippen molar-refractivity contribution in [1.82, 2.24) is 0 Å². The Hall–Kier alpha value is -8.76. The molecule has 0 fully saturated rings. The van der Waals surface area contributed by atoms with Crippen molar-refractivity contribution in [1.29, 1.82) is 0 Å². The highest BCUT2D eigenvalue weighted by Crippen LogP contribution is 2.56. The first-order valence-electron chi connectivity index (χ1n) is 21.7. The molecule has 330 valence electrons. The van der Waals surface area contributed by atoms with Gasteiger partial charge in [-0.05, 0) is 136 Å². The number of benzene rings is 8. The van der Waals surface area contributed by atoms with E-state index in [1.54, 1.807) is 72.8 Å². The molecule has 0 radical (unpaired) electrons. The van der Waals surface area contributed by atoms with E-state index in [-0.39, 0.29) is 23.5 Å². The number of methoxy groups -OCH3 is 2. The first-order valence-corrected chi connectivity index (χ1v) is 21.7. The Morgan fingerprint density at radius 2 is 0.821 bits per heavy atom. The number of fused-ring (bicyclic) bond motifs is 3. The zero-order valence-corrected chi connectivity index (χ0v) is 37.3. The number of carbonyl (C=O) groups excluding carboxylic acids is 4. The Morgan fingerprint density at radius 1 is 0.433 bits per heavy atom. The van der Waals surface area contributed by atoms with E-state index in [9.17, 15) is 19.2 Å². The summed E-state index contributed by atoms with van der Waals surface area (Å²) in [6, 6.07) is 57.4. The number of nitrogens with one attached hydrogen (secondary N) is 4. The number of ketones is 1. The summed E-state index contributed by atoms with van der Waals surface area (Å²) < 4.78 is 11.3. The van der Waals surface area contributed by atoms with E-state index in [4.69, 9.17) is 9.47 Å². The van der Waals surface area contributed by atoms with Gasteiger partial charge in [0, 0.05) is 40.7 Å². The van der Waals surface area contributed by atoms with E-state index in [1.165, 1.54) is 43.4 Å². The third-order valence-corrected chi connectivity index (χ3v) is 12.3. The van der Waals surface area contributed by atoms with Gasteiger partial charge < -0.3 is 30.7 Å². The molecule has 0 bridgehead atoms. The number of amides is 3. The lowest BCUT2D eigenvalue weighted by Crippen LogP contribution is -2.28. The maximum atomic E-state index is 13.6. The van der Waals surface area contributed by atoms with Gasteiger partial charge in [0.1, 0.15) is 11.5 Å². The molecule has 0 aromatic heterocycles. The molecular weight excluding hydrogens is 837 g/mol. The highest BCUT2D eigenvalue weighted by Gasteiger charge is 2.45. The number of ether oxygens (including phenoxy) is 2. The third kappa shape index (κ3) is 8.28. The van der Waals surface area contributed by atoms with Crippen molar-refractivity contribution in [3.05, 3.63) is 226 Å². The Morgan fingerprint density at radius 3 is 1.22 bits per heavy atom. The minimum Gasteiger partial charge on any atom is -0.495 e. The quantitative estimate of drug-likeness (QED) is 0.0847. The van der Waals surface area contributed by atoms with E-state index < -0.39 is 5.41 Å². The normalized spacial score (nSPS) is 11.9. The zero-order chi connectivity index (χ0) is 46.7. The van der Waals surface area contributed by atoms with Gasteiger partial charge in [-0.25, -0.2) is 0 Å². The van der Waals surface area contributed by atoms with Crippen LogP contribution in [0, 0.1) is 0 Å². The molecule has 1 aliphatic carbocycles. The summed E-state index contributed by atoms with van der Waals surface area (Å²) in [4.78, 5) is 51.7. The fraction of sp³-hybridized carbons (Fsp3) is 0.0877. The van der Waals surface area contributed by atoms with Gasteiger partial charge in [-0.2, -0.15) is 0 Å². The summed E-state index contributed by atoms with van der Waals surface area (Å²) in [7, 11) is 4.95. The monoisotopic (exact) mass is 882 g/mol. The van der Waals surface area contributed by atoms with Gasteiger partial charge in [0.05, 0.1) is 31.0 Å². The predicted molar refractivity (Wildman–Crippen MR) is 265 cm³/mol. The van der Waals surface area contributed by atoms with Crippen molar-refractivity contribution >= 4 is 46.3 Å². The zero-order valence-electron chi connectivity index (χ0n) is 37.3. The second-order valence-corrected chi connectivity index (χ2v) is 16.1. The van der Waals surface area contributed by atoms with Gasteiger partial charge >= 0.3 is 0 Å². The van der Waals surface area contributed by atoms with E-state index in [0.29, 0.717) is 50.8 Å². The maximum Gasteiger partial charge on any atom is 0.255 e. The van der Waals surface area contributed by atoms with Crippen molar-refractivity contribution in [2.24, 2.45) is 0 Å². The molecule has 1 aliphatic rings. The molecule has 0 atom stereocenters. The summed E-state index contributed by atoms with van der Waals surface area (Å²) in [6.07, 6.45) is 0. The van der Waals surface area contributed by atoms with Crippen LogP contribution in [0.5, 0.6) is 11.5 Å². The van der Waals surface area contributed by atoms with Crippen LogP contribution in [-0.2, 0) is 5.41 Å². The molecule has 8 aromatic carbocycles. The fourth-order valence-electron chi connectivity index (χ4n) is 8.88. The lowest BCUT2D eigenvalue weighted by molar-refractivity contribution is 0.100. The number of hydrogen-bond donors (Lipinski definition) is 4. The average Bonchev–Trinajstić information content (AvgIpc) is 3.67. The molecule has 4 N–H and O–H groups in total. The van der Waals surface area contributed by atoms with Crippen LogP contribution in [0.4, 0.5) is 22.7 Å². The molecule has 0 aliphatic heterocycles. The minimum absolute atomic E-state index is 0.0802. The van der Waals surface area contributed by atoms with Gasteiger partial charge in [-0.3, -0.25) is 19.2 Å². The molecule has 3 amide bonds. The average molecular weight is 883 g/mol. The smallest absolute Gasteiger partial charge is 0.255 e. The highest BCUT2D eigenvalue weighted by molar-refractivity contribution is 6.08. The van der Waals surface area contributed by atoms with Crippen LogP contribution in [0.25, 0.3) is 22.3 Å². The van der Waals surface area contributed by atoms with Crippen LogP contribution < -0.4 is 30.7 Å². The molecule has 0 saturated carbocycles. The van der Waals surface area contributed by atoms with Crippen molar-refractivity contribution in [2.45, 2.75) is 12.3 Å². The third-order valence-electron chi connectivity index (χ3n) is 12.3. The molecule has 0 saturated heterocycles. The molecule has 8 aromatic rings. The largest absolute Gasteiger partial charge is 0.495 e.